The lowest BCUT2D eigenvalue weighted by Gasteiger charge is -2.28. The second kappa shape index (κ2) is 11.3. The van der Waals surface area contributed by atoms with E-state index in [0.29, 0.717) is 18.9 Å². The van der Waals surface area contributed by atoms with Crippen molar-refractivity contribution in [1.29, 1.82) is 0 Å². The van der Waals surface area contributed by atoms with E-state index in [-0.39, 0.29) is 36.1 Å². The van der Waals surface area contributed by atoms with Gasteiger partial charge in [-0.25, -0.2) is 4.79 Å². The van der Waals surface area contributed by atoms with E-state index < -0.39 is 5.60 Å². The Morgan fingerprint density at radius 1 is 1.31 bits per heavy atom. The van der Waals surface area contributed by atoms with E-state index in [0.717, 1.165) is 12.1 Å². The molecule has 0 heterocycles. The highest BCUT2D eigenvalue weighted by Crippen LogP contribution is 2.12. The number of rotatable bonds is 6. The standard InChI is InChI=1S/C19H32N4O2.HI/c1-7-15-8-10-16(11-9-15)22-17(20)21-13-12-14(2)23(6)18(24)25-19(3,4)5;/h8-11,14H,7,12-13H2,1-6H3,(H3,20,21,22);1H. The van der Waals surface area contributed by atoms with Crippen LogP contribution in [0.3, 0.4) is 0 Å². The van der Waals surface area contributed by atoms with E-state index in [1.54, 1.807) is 11.9 Å². The van der Waals surface area contributed by atoms with Crippen LogP contribution in [0.2, 0.25) is 0 Å². The first-order valence-electron chi connectivity index (χ1n) is 8.74. The maximum Gasteiger partial charge on any atom is 0.410 e. The van der Waals surface area contributed by atoms with Gasteiger partial charge in [0.2, 0.25) is 0 Å². The van der Waals surface area contributed by atoms with Gasteiger partial charge in [-0.3, -0.25) is 4.99 Å². The number of nitrogens with zero attached hydrogens (tertiary/aromatic N) is 2. The first-order valence-corrected chi connectivity index (χ1v) is 8.74. The zero-order valence-electron chi connectivity index (χ0n) is 16.7. The minimum atomic E-state index is -0.495. The van der Waals surface area contributed by atoms with Crippen LogP contribution in [0, 0.1) is 0 Å². The Morgan fingerprint density at radius 2 is 1.88 bits per heavy atom. The summed E-state index contributed by atoms with van der Waals surface area (Å²) in [5, 5.41) is 3.07. The summed E-state index contributed by atoms with van der Waals surface area (Å²) < 4.78 is 5.36. The van der Waals surface area contributed by atoms with Crippen molar-refractivity contribution >= 4 is 41.7 Å². The zero-order valence-corrected chi connectivity index (χ0v) is 19.0. The van der Waals surface area contributed by atoms with Crippen LogP contribution in [0.15, 0.2) is 29.3 Å². The molecule has 0 saturated carbocycles. The number of carbonyl (C=O) groups is 1. The number of hydrogen-bond donors (Lipinski definition) is 2. The Labute approximate surface area is 174 Å². The van der Waals surface area contributed by atoms with Gasteiger partial charge in [0.1, 0.15) is 5.60 Å². The molecule has 1 amide bonds. The second-order valence-electron chi connectivity index (χ2n) is 7.17. The molecule has 26 heavy (non-hydrogen) atoms. The van der Waals surface area contributed by atoms with Gasteiger partial charge in [0.05, 0.1) is 0 Å². The molecule has 0 bridgehead atoms. The maximum absolute atomic E-state index is 12.0. The second-order valence-corrected chi connectivity index (χ2v) is 7.17. The van der Waals surface area contributed by atoms with Crippen molar-refractivity contribution < 1.29 is 9.53 Å². The fraction of sp³-hybridized carbons (Fsp3) is 0.579. The number of amides is 1. The third-order valence-electron chi connectivity index (χ3n) is 3.81. The van der Waals surface area contributed by atoms with Crippen LogP contribution in [0.1, 0.15) is 46.6 Å². The van der Waals surface area contributed by atoms with Gasteiger partial charge in [-0.05, 0) is 58.2 Å². The van der Waals surface area contributed by atoms with Gasteiger partial charge in [0.25, 0.3) is 0 Å². The van der Waals surface area contributed by atoms with E-state index in [4.69, 9.17) is 10.5 Å². The lowest BCUT2D eigenvalue weighted by molar-refractivity contribution is 0.0231. The zero-order chi connectivity index (χ0) is 19.0. The van der Waals surface area contributed by atoms with Gasteiger partial charge in [0.15, 0.2) is 5.96 Å². The number of aliphatic imine (C=N–C) groups is 1. The molecule has 0 aliphatic carbocycles. The van der Waals surface area contributed by atoms with Crippen LogP contribution in [0.25, 0.3) is 0 Å². The van der Waals surface area contributed by atoms with Crippen molar-refractivity contribution in [3.05, 3.63) is 29.8 Å². The summed E-state index contributed by atoms with van der Waals surface area (Å²) in [5.41, 5.74) is 7.61. The maximum atomic E-state index is 12.0. The normalized spacial score (nSPS) is 12.8. The number of halogens is 1. The largest absolute Gasteiger partial charge is 0.444 e. The Hall–Kier alpha value is -1.51. The van der Waals surface area contributed by atoms with Crippen molar-refractivity contribution in [2.24, 2.45) is 10.7 Å². The molecular weight excluding hydrogens is 443 g/mol. The molecule has 3 N–H and O–H groups in total. The van der Waals surface area contributed by atoms with Crippen LogP contribution in [-0.2, 0) is 11.2 Å². The number of aryl methyl sites for hydroxylation is 1. The van der Waals surface area contributed by atoms with Gasteiger partial charge in [-0.1, -0.05) is 19.1 Å². The number of benzene rings is 1. The number of carbonyl (C=O) groups excluding carboxylic acids is 1. The molecule has 0 aliphatic heterocycles. The van der Waals surface area contributed by atoms with Crippen LogP contribution >= 0.6 is 24.0 Å². The van der Waals surface area contributed by atoms with Crippen molar-refractivity contribution in [2.45, 2.75) is 59.1 Å². The SMILES string of the molecule is CCc1ccc(NC(N)=NCCC(C)N(C)C(=O)OC(C)(C)C)cc1.I. The molecule has 7 heteroatoms. The number of anilines is 1. The highest BCUT2D eigenvalue weighted by Gasteiger charge is 2.22. The summed E-state index contributed by atoms with van der Waals surface area (Å²) in [6, 6.07) is 8.11. The molecule has 1 atom stereocenters. The molecule has 1 aromatic carbocycles. The topological polar surface area (TPSA) is 80.0 Å². The molecule has 1 rings (SSSR count). The molecule has 148 valence electrons. The van der Waals surface area contributed by atoms with Crippen molar-refractivity contribution in [2.75, 3.05) is 18.9 Å². The fourth-order valence-corrected chi connectivity index (χ4v) is 2.09. The summed E-state index contributed by atoms with van der Waals surface area (Å²) in [7, 11) is 1.74. The number of guanidine groups is 1. The van der Waals surface area contributed by atoms with Gasteiger partial charge >= 0.3 is 6.09 Å². The van der Waals surface area contributed by atoms with Crippen LogP contribution in [0.4, 0.5) is 10.5 Å². The number of hydrogen-bond acceptors (Lipinski definition) is 3. The molecule has 0 spiro atoms. The number of nitrogens with two attached hydrogens (primary N) is 1. The molecule has 6 nitrogen and oxygen atoms in total. The third-order valence-corrected chi connectivity index (χ3v) is 3.81. The molecular formula is C19H33IN4O2. The Balaban J connectivity index is 0.00000625. The molecule has 1 unspecified atom stereocenters. The molecule has 0 fully saturated rings. The Bertz CT molecular complexity index is 582. The molecule has 0 aromatic heterocycles. The average molecular weight is 476 g/mol. The summed E-state index contributed by atoms with van der Waals surface area (Å²) in [6.07, 6.45) is 1.38. The van der Waals surface area contributed by atoms with Crippen molar-refractivity contribution in [3.8, 4) is 0 Å². The monoisotopic (exact) mass is 476 g/mol. The highest BCUT2D eigenvalue weighted by atomic mass is 127. The lowest BCUT2D eigenvalue weighted by Crippen LogP contribution is -2.39. The van der Waals surface area contributed by atoms with E-state index in [2.05, 4.69) is 29.4 Å². The van der Waals surface area contributed by atoms with E-state index in [9.17, 15) is 4.79 Å². The van der Waals surface area contributed by atoms with Gasteiger partial charge < -0.3 is 20.7 Å². The highest BCUT2D eigenvalue weighted by molar-refractivity contribution is 14.0. The lowest BCUT2D eigenvalue weighted by atomic mass is 10.1. The van der Waals surface area contributed by atoms with Crippen LogP contribution in [0.5, 0.6) is 0 Å². The van der Waals surface area contributed by atoms with Crippen LogP contribution in [-0.4, -0.2) is 42.2 Å². The summed E-state index contributed by atoms with van der Waals surface area (Å²) in [5.74, 6) is 0.372. The minimum Gasteiger partial charge on any atom is -0.444 e. The predicted octanol–water partition coefficient (Wildman–Crippen LogP) is 4.24. The quantitative estimate of drug-likeness (QED) is 0.366. The smallest absolute Gasteiger partial charge is 0.410 e. The molecule has 0 radical (unpaired) electrons. The molecule has 0 aliphatic rings. The fourth-order valence-electron chi connectivity index (χ4n) is 2.09. The third kappa shape index (κ3) is 9.26. The first-order chi connectivity index (χ1) is 11.6. The first kappa shape index (κ1) is 24.5. The summed E-state index contributed by atoms with van der Waals surface area (Å²) >= 11 is 0. The Kier molecular flexibility index (Phi) is 10.6. The molecule has 1 aromatic rings. The van der Waals surface area contributed by atoms with E-state index >= 15 is 0 Å². The van der Waals surface area contributed by atoms with E-state index in [1.165, 1.54) is 5.56 Å². The summed E-state index contributed by atoms with van der Waals surface area (Å²) in [4.78, 5) is 17.9. The van der Waals surface area contributed by atoms with Gasteiger partial charge in [-0.2, -0.15) is 0 Å². The number of nitrogens with one attached hydrogen (secondary N) is 1. The van der Waals surface area contributed by atoms with Gasteiger partial charge in [0, 0.05) is 25.3 Å². The molecule has 0 saturated heterocycles. The Morgan fingerprint density at radius 3 is 2.38 bits per heavy atom. The average Bonchev–Trinajstić information content (AvgIpc) is 2.53. The number of ether oxygens (including phenoxy) is 1. The van der Waals surface area contributed by atoms with Crippen molar-refractivity contribution in [3.63, 3.8) is 0 Å². The predicted molar refractivity (Wildman–Crippen MR) is 119 cm³/mol. The van der Waals surface area contributed by atoms with E-state index in [1.807, 2.05) is 39.8 Å². The van der Waals surface area contributed by atoms with Crippen molar-refractivity contribution in [1.82, 2.24) is 4.90 Å². The van der Waals surface area contributed by atoms with Gasteiger partial charge in [-0.15, -0.1) is 24.0 Å². The summed E-state index contributed by atoms with van der Waals surface area (Å²) in [6.45, 7) is 10.2. The van der Waals surface area contributed by atoms with Crippen LogP contribution < -0.4 is 11.1 Å². The minimum absolute atomic E-state index is 0.